The third kappa shape index (κ3) is 4.13. The molecule has 1 heterocycles. The van der Waals surface area contributed by atoms with Gasteiger partial charge in [0.1, 0.15) is 6.61 Å². The van der Waals surface area contributed by atoms with Gasteiger partial charge in [0.05, 0.1) is 6.61 Å². The molecule has 3 aromatic rings. The van der Waals surface area contributed by atoms with E-state index in [0.717, 1.165) is 22.4 Å². The van der Waals surface area contributed by atoms with Crippen molar-refractivity contribution >= 4 is 34.8 Å². The van der Waals surface area contributed by atoms with Crippen LogP contribution in [0, 0.1) is 0 Å². The quantitative estimate of drug-likeness (QED) is 0.526. The molecule has 0 aromatic heterocycles. The van der Waals surface area contributed by atoms with Crippen LogP contribution in [0.3, 0.4) is 0 Å². The van der Waals surface area contributed by atoms with Gasteiger partial charge in [0.15, 0.2) is 11.5 Å². The molecule has 0 atom stereocenters. The third-order valence-corrected chi connectivity index (χ3v) is 5.00. The van der Waals surface area contributed by atoms with Crippen molar-refractivity contribution in [3.05, 3.63) is 88.4 Å². The zero-order chi connectivity index (χ0) is 20.2. The zero-order valence-corrected chi connectivity index (χ0v) is 16.7. The van der Waals surface area contributed by atoms with Gasteiger partial charge in [0, 0.05) is 27.4 Å². The summed E-state index contributed by atoms with van der Waals surface area (Å²) >= 11 is 6.21. The maximum atomic E-state index is 12.4. The lowest BCUT2D eigenvalue weighted by Crippen LogP contribution is -2.03. The number of fused-ring (bicyclic) bond motifs is 1. The lowest BCUT2D eigenvalue weighted by Gasteiger charge is -2.13. The zero-order valence-electron chi connectivity index (χ0n) is 15.9. The van der Waals surface area contributed by atoms with Gasteiger partial charge in [-0.2, -0.15) is 0 Å². The second-order valence-corrected chi connectivity index (χ2v) is 6.98. The highest BCUT2D eigenvalue weighted by atomic mass is 35.5. The molecule has 1 aliphatic heterocycles. The Balaban J connectivity index is 1.61. The molecule has 0 saturated carbocycles. The molecule has 0 saturated heterocycles. The summed E-state index contributed by atoms with van der Waals surface area (Å²) in [5.41, 5.74) is 4.12. The highest BCUT2D eigenvalue weighted by Gasteiger charge is 2.23. The average molecular weight is 406 g/mol. The Morgan fingerprint density at radius 1 is 0.966 bits per heavy atom. The average Bonchev–Trinajstić information content (AvgIpc) is 3.04. The normalized spacial score (nSPS) is 13.9. The first-order valence-corrected chi connectivity index (χ1v) is 9.79. The fourth-order valence-electron chi connectivity index (χ4n) is 3.22. The van der Waals surface area contributed by atoms with Gasteiger partial charge < -0.3 is 14.8 Å². The van der Waals surface area contributed by atoms with Gasteiger partial charge in [-0.25, -0.2) is 0 Å². The SMILES string of the molecule is CCOc1cc(C=C2C(=O)Nc3ccccc32)ccc1OCc1ccccc1Cl. The van der Waals surface area contributed by atoms with Crippen LogP contribution in [0.5, 0.6) is 11.5 Å². The Morgan fingerprint density at radius 2 is 1.76 bits per heavy atom. The molecule has 146 valence electrons. The van der Waals surface area contributed by atoms with E-state index in [2.05, 4.69) is 5.32 Å². The van der Waals surface area contributed by atoms with Gasteiger partial charge in [-0.1, -0.05) is 54.1 Å². The number of amides is 1. The second-order valence-electron chi connectivity index (χ2n) is 6.58. The van der Waals surface area contributed by atoms with Crippen LogP contribution in [0.2, 0.25) is 5.02 Å². The maximum Gasteiger partial charge on any atom is 0.256 e. The highest BCUT2D eigenvalue weighted by molar-refractivity contribution is 6.34. The van der Waals surface area contributed by atoms with Gasteiger partial charge >= 0.3 is 0 Å². The molecule has 0 fully saturated rings. The number of hydrogen-bond acceptors (Lipinski definition) is 3. The number of ether oxygens (including phenoxy) is 2. The Bertz CT molecular complexity index is 1090. The van der Waals surface area contributed by atoms with Gasteiger partial charge in [-0.3, -0.25) is 4.79 Å². The van der Waals surface area contributed by atoms with E-state index in [0.29, 0.717) is 35.3 Å². The molecule has 5 heteroatoms. The minimum Gasteiger partial charge on any atom is -0.490 e. The Hall–Kier alpha value is -3.24. The summed E-state index contributed by atoms with van der Waals surface area (Å²) in [6.07, 6.45) is 1.86. The number of rotatable bonds is 6. The van der Waals surface area contributed by atoms with Crippen molar-refractivity contribution in [2.24, 2.45) is 0 Å². The standard InChI is InChI=1S/C24H20ClNO3/c1-2-28-23-14-16(13-19-18-8-4-6-10-21(18)26-24(19)27)11-12-22(23)29-15-17-7-3-5-9-20(17)25/h3-14H,2,15H2,1H3,(H,26,27). The van der Waals surface area contributed by atoms with E-state index in [-0.39, 0.29) is 5.91 Å². The molecule has 0 spiro atoms. The molecule has 3 aromatic carbocycles. The molecule has 0 aliphatic carbocycles. The second kappa shape index (κ2) is 8.41. The summed E-state index contributed by atoms with van der Waals surface area (Å²) in [5.74, 6) is 1.15. The molecule has 4 nitrogen and oxygen atoms in total. The lowest BCUT2D eigenvalue weighted by molar-refractivity contribution is -0.110. The summed E-state index contributed by atoms with van der Waals surface area (Å²) in [6, 6.07) is 20.9. The first kappa shape index (κ1) is 19.1. The first-order valence-electron chi connectivity index (χ1n) is 9.41. The predicted molar refractivity (Wildman–Crippen MR) is 116 cm³/mol. The maximum absolute atomic E-state index is 12.4. The van der Waals surface area contributed by atoms with Crippen LogP contribution < -0.4 is 14.8 Å². The van der Waals surface area contributed by atoms with E-state index in [1.165, 1.54) is 0 Å². The monoisotopic (exact) mass is 405 g/mol. The molecule has 0 unspecified atom stereocenters. The van der Waals surface area contributed by atoms with E-state index in [4.69, 9.17) is 21.1 Å². The number of halogens is 1. The predicted octanol–water partition coefficient (Wildman–Crippen LogP) is 5.81. The number of carbonyl (C=O) groups excluding carboxylic acids is 1. The van der Waals surface area contributed by atoms with Crippen molar-refractivity contribution in [3.8, 4) is 11.5 Å². The van der Waals surface area contributed by atoms with Crippen LogP contribution in [-0.4, -0.2) is 12.5 Å². The summed E-state index contributed by atoms with van der Waals surface area (Å²) in [7, 11) is 0. The van der Waals surface area contributed by atoms with Crippen molar-refractivity contribution in [1.82, 2.24) is 0 Å². The Morgan fingerprint density at radius 3 is 2.59 bits per heavy atom. The highest BCUT2D eigenvalue weighted by Crippen LogP contribution is 2.35. The number of benzene rings is 3. The van der Waals surface area contributed by atoms with Gasteiger partial charge in [0.2, 0.25) is 0 Å². The van der Waals surface area contributed by atoms with Crippen molar-refractivity contribution in [2.75, 3.05) is 11.9 Å². The summed E-state index contributed by atoms with van der Waals surface area (Å²) in [5, 5.41) is 3.55. The molecule has 29 heavy (non-hydrogen) atoms. The van der Waals surface area contributed by atoms with Crippen LogP contribution in [0.15, 0.2) is 66.7 Å². The molecule has 1 N–H and O–H groups in total. The van der Waals surface area contributed by atoms with E-state index in [1.807, 2.05) is 79.7 Å². The molecule has 1 amide bonds. The number of hydrogen-bond donors (Lipinski definition) is 1. The smallest absolute Gasteiger partial charge is 0.256 e. The molecule has 1 aliphatic rings. The fourth-order valence-corrected chi connectivity index (χ4v) is 3.41. The fraction of sp³-hybridized carbons (Fsp3) is 0.125. The van der Waals surface area contributed by atoms with Gasteiger partial charge in [-0.05, 0) is 42.8 Å². The Labute approximate surface area is 174 Å². The first-order chi connectivity index (χ1) is 14.2. The molecule has 0 bridgehead atoms. The van der Waals surface area contributed by atoms with E-state index >= 15 is 0 Å². The Kier molecular flexibility index (Phi) is 5.54. The molecule has 4 rings (SSSR count). The topological polar surface area (TPSA) is 47.6 Å². The van der Waals surface area contributed by atoms with Crippen LogP contribution in [0.1, 0.15) is 23.6 Å². The van der Waals surface area contributed by atoms with Crippen LogP contribution >= 0.6 is 11.6 Å². The van der Waals surface area contributed by atoms with Crippen LogP contribution in [-0.2, 0) is 11.4 Å². The number of anilines is 1. The van der Waals surface area contributed by atoms with E-state index in [9.17, 15) is 4.79 Å². The van der Waals surface area contributed by atoms with Crippen LogP contribution in [0.25, 0.3) is 11.6 Å². The van der Waals surface area contributed by atoms with Crippen molar-refractivity contribution in [2.45, 2.75) is 13.5 Å². The van der Waals surface area contributed by atoms with Crippen LogP contribution in [0.4, 0.5) is 5.69 Å². The van der Waals surface area contributed by atoms with Crippen molar-refractivity contribution in [1.29, 1.82) is 0 Å². The van der Waals surface area contributed by atoms with Gasteiger partial charge in [-0.15, -0.1) is 0 Å². The summed E-state index contributed by atoms with van der Waals surface area (Å²) < 4.78 is 11.7. The molecular weight excluding hydrogens is 386 g/mol. The van der Waals surface area contributed by atoms with E-state index in [1.54, 1.807) is 0 Å². The summed E-state index contributed by atoms with van der Waals surface area (Å²) in [6.45, 7) is 2.77. The van der Waals surface area contributed by atoms with E-state index < -0.39 is 0 Å². The number of nitrogens with one attached hydrogen (secondary N) is 1. The minimum atomic E-state index is -0.108. The minimum absolute atomic E-state index is 0.108. The largest absolute Gasteiger partial charge is 0.490 e. The molecular formula is C24H20ClNO3. The molecule has 0 radical (unpaired) electrons. The van der Waals surface area contributed by atoms with Gasteiger partial charge in [0.25, 0.3) is 5.91 Å². The number of carbonyl (C=O) groups is 1. The number of para-hydroxylation sites is 1. The van der Waals surface area contributed by atoms with Crippen molar-refractivity contribution < 1.29 is 14.3 Å². The summed E-state index contributed by atoms with van der Waals surface area (Å²) in [4.78, 5) is 12.4. The van der Waals surface area contributed by atoms with Crippen molar-refractivity contribution in [3.63, 3.8) is 0 Å². The third-order valence-electron chi connectivity index (χ3n) is 4.63. The lowest BCUT2D eigenvalue weighted by atomic mass is 10.0.